The van der Waals surface area contributed by atoms with Crippen LogP contribution in [0.5, 0.6) is 0 Å². The lowest BCUT2D eigenvalue weighted by molar-refractivity contribution is 0.365. The summed E-state index contributed by atoms with van der Waals surface area (Å²) in [6.45, 7) is 0. The molecule has 0 aromatic heterocycles. The molecule has 0 radical (unpaired) electrons. The molecular weight excluding hydrogens is 126 g/mol. The van der Waals surface area contributed by atoms with E-state index in [1.807, 2.05) is 14.1 Å². The Morgan fingerprint density at radius 1 is 1.62 bits per heavy atom. The van der Waals surface area contributed by atoms with Crippen molar-refractivity contribution in [1.82, 2.24) is 10.4 Å². The standard InChI is InChI=1S/C4H10ClN3/c1-6-4(5)7-8(2)3/h1-3H3,(H,6,7). The first-order chi connectivity index (χ1) is 3.66. The van der Waals surface area contributed by atoms with Crippen molar-refractivity contribution in [2.75, 3.05) is 21.1 Å². The van der Waals surface area contributed by atoms with Crippen LogP contribution in [0.4, 0.5) is 0 Å². The third kappa shape index (κ3) is 3.89. The molecule has 0 aliphatic heterocycles. The molecule has 0 spiro atoms. The fraction of sp³-hybridized carbons (Fsp3) is 0.750. The van der Waals surface area contributed by atoms with Crippen LogP contribution in [0.2, 0.25) is 0 Å². The highest BCUT2D eigenvalue weighted by Crippen LogP contribution is 1.77. The average Bonchev–Trinajstić information content (AvgIpc) is 1.65. The van der Waals surface area contributed by atoms with Crippen LogP contribution in [0.3, 0.4) is 0 Å². The fourth-order valence-electron chi connectivity index (χ4n) is 0.235. The van der Waals surface area contributed by atoms with Gasteiger partial charge in [0.2, 0.25) is 5.29 Å². The fourth-order valence-corrected chi connectivity index (χ4v) is 0.404. The van der Waals surface area contributed by atoms with Crippen LogP contribution in [0.25, 0.3) is 0 Å². The van der Waals surface area contributed by atoms with Gasteiger partial charge in [0.05, 0.1) is 0 Å². The summed E-state index contributed by atoms with van der Waals surface area (Å²) in [5, 5.41) is 2.12. The van der Waals surface area contributed by atoms with Gasteiger partial charge < -0.3 is 0 Å². The van der Waals surface area contributed by atoms with E-state index in [-0.39, 0.29) is 0 Å². The Balaban J connectivity index is 3.39. The van der Waals surface area contributed by atoms with Crippen molar-refractivity contribution in [2.24, 2.45) is 4.99 Å². The first-order valence-electron chi connectivity index (χ1n) is 2.23. The molecule has 3 nitrogen and oxygen atoms in total. The molecular formula is C4H10ClN3. The van der Waals surface area contributed by atoms with Crippen molar-refractivity contribution < 1.29 is 0 Å². The molecule has 0 aromatic rings. The van der Waals surface area contributed by atoms with Gasteiger partial charge >= 0.3 is 0 Å². The number of halogens is 1. The normalized spacial score (nSPS) is 12.4. The Morgan fingerprint density at radius 2 is 2.12 bits per heavy atom. The number of aliphatic imine (C=N–C) groups is 1. The molecule has 0 saturated carbocycles. The molecule has 0 saturated heterocycles. The van der Waals surface area contributed by atoms with E-state index in [2.05, 4.69) is 10.4 Å². The summed E-state index contributed by atoms with van der Waals surface area (Å²) in [6, 6.07) is 0. The van der Waals surface area contributed by atoms with Gasteiger partial charge in [-0.1, -0.05) is 0 Å². The first kappa shape index (κ1) is 7.72. The van der Waals surface area contributed by atoms with Crippen molar-refractivity contribution >= 4 is 16.9 Å². The minimum atomic E-state index is 0.398. The summed E-state index contributed by atoms with van der Waals surface area (Å²) in [5.74, 6) is 0. The van der Waals surface area contributed by atoms with Gasteiger partial charge in [0.25, 0.3) is 0 Å². The van der Waals surface area contributed by atoms with E-state index < -0.39 is 0 Å². The molecule has 0 atom stereocenters. The van der Waals surface area contributed by atoms with Crippen LogP contribution in [-0.4, -0.2) is 31.4 Å². The summed E-state index contributed by atoms with van der Waals surface area (Å²) < 4.78 is 0. The molecule has 48 valence electrons. The van der Waals surface area contributed by atoms with E-state index in [9.17, 15) is 0 Å². The molecule has 0 unspecified atom stereocenters. The molecule has 0 aliphatic rings. The van der Waals surface area contributed by atoms with Crippen molar-refractivity contribution in [2.45, 2.75) is 0 Å². The molecule has 0 heterocycles. The number of rotatable bonds is 1. The molecule has 0 rings (SSSR count). The topological polar surface area (TPSA) is 27.6 Å². The van der Waals surface area contributed by atoms with Gasteiger partial charge in [-0.15, -0.1) is 0 Å². The van der Waals surface area contributed by atoms with E-state index >= 15 is 0 Å². The molecule has 0 amide bonds. The maximum atomic E-state index is 5.46. The highest BCUT2D eigenvalue weighted by Gasteiger charge is 1.88. The summed E-state index contributed by atoms with van der Waals surface area (Å²) >= 11 is 5.46. The van der Waals surface area contributed by atoms with Crippen LogP contribution in [-0.2, 0) is 0 Å². The van der Waals surface area contributed by atoms with Gasteiger partial charge in [0.15, 0.2) is 0 Å². The minimum Gasteiger partial charge on any atom is -0.294 e. The van der Waals surface area contributed by atoms with Crippen LogP contribution < -0.4 is 5.43 Å². The molecule has 1 N–H and O–H groups in total. The van der Waals surface area contributed by atoms with Gasteiger partial charge in [0, 0.05) is 21.1 Å². The zero-order chi connectivity index (χ0) is 6.57. The van der Waals surface area contributed by atoms with E-state index in [1.165, 1.54) is 0 Å². The number of hydrazine groups is 1. The molecule has 0 aromatic carbocycles. The Morgan fingerprint density at radius 3 is 2.25 bits per heavy atom. The SMILES string of the molecule is CN=C(Cl)NN(C)C. The Kier molecular flexibility index (Phi) is 3.56. The van der Waals surface area contributed by atoms with Gasteiger partial charge in [-0.25, -0.2) is 5.01 Å². The predicted octanol–water partition coefficient (Wildman–Crippen LogP) is 0.277. The second-order valence-electron chi connectivity index (χ2n) is 1.52. The largest absolute Gasteiger partial charge is 0.294 e. The maximum absolute atomic E-state index is 5.46. The van der Waals surface area contributed by atoms with E-state index in [4.69, 9.17) is 11.6 Å². The third-order valence-corrected chi connectivity index (χ3v) is 0.766. The number of hydrogen-bond acceptors (Lipinski definition) is 2. The first-order valence-corrected chi connectivity index (χ1v) is 2.61. The third-order valence-electron chi connectivity index (χ3n) is 0.512. The summed E-state index contributed by atoms with van der Waals surface area (Å²) in [7, 11) is 5.31. The lowest BCUT2D eigenvalue weighted by atomic mass is 11.1. The molecule has 8 heavy (non-hydrogen) atoms. The lowest BCUT2D eigenvalue weighted by Crippen LogP contribution is -2.33. The van der Waals surface area contributed by atoms with Gasteiger partial charge in [-0.05, 0) is 11.6 Å². The molecule has 4 heteroatoms. The predicted molar refractivity (Wildman–Crippen MR) is 36.0 cm³/mol. The zero-order valence-corrected chi connectivity index (χ0v) is 6.03. The molecule has 0 bridgehead atoms. The van der Waals surface area contributed by atoms with Crippen LogP contribution >= 0.6 is 11.6 Å². The van der Waals surface area contributed by atoms with Gasteiger partial charge in [-0.2, -0.15) is 0 Å². The van der Waals surface area contributed by atoms with Crippen molar-refractivity contribution in [3.05, 3.63) is 0 Å². The Bertz CT molecular complexity index is 89.3. The summed E-state index contributed by atoms with van der Waals surface area (Å²) in [4.78, 5) is 3.66. The smallest absolute Gasteiger partial charge is 0.205 e. The van der Waals surface area contributed by atoms with Crippen LogP contribution in [0, 0.1) is 0 Å². The monoisotopic (exact) mass is 135 g/mol. The maximum Gasteiger partial charge on any atom is 0.205 e. The van der Waals surface area contributed by atoms with Crippen molar-refractivity contribution in [3.63, 3.8) is 0 Å². The van der Waals surface area contributed by atoms with E-state index in [0.29, 0.717) is 5.29 Å². The number of amidine groups is 1. The van der Waals surface area contributed by atoms with Gasteiger partial charge in [0.1, 0.15) is 0 Å². The average molecular weight is 136 g/mol. The quantitative estimate of drug-likeness (QED) is 0.242. The zero-order valence-electron chi connectivity index (χ0n) is 5.27. The summed E-state index contributed by atoms with van der Waals surface area (Å²) in [6.07, 6.45) is 0. The van der Waals surface area contributed by atoms with E-state index in [0.717, 1.165) is 0 Å². The lowest BCUT2D eigenvalue weighted by Gasteiger charge is -2.09. The Labute approximate surface area is 54.3 Å². The van der Waals surface area contributed by atoms with Crippen molar-refractivity contribution in [3.8, 4) is 0 Å². The number of hydrogen-bond donors (Lipinski definition) is 1. The highest BCUT2D eigenvalue weighted by atomic mass is 35.5. The minimum absolute atomic E-state index is 0.398. The second-order valence-corrected chi connectivity index (χ2v) is 1.88. The number of nitrogens with one attached hydrogen (secondary N) is 1. The number of nitrogens with zero attached hydrogens (tertiary/aromatic N) is 2. The van der Waals surface area contributed by atoms with Crippen molar-refractivity contribution in [1.29, 1.82) is 0 Å². The Hall–Kier alpha value is -0.280. The second kappa shape index (κ2) is 3.69. The molecule has 0 fully saturated rings. The van der Waals surface area contributed by atoms with E-state index in [1.54, 1.807) is 12.1 Å². The van der Waals surface area contributed by atoms with Crippen LogP contribution in [0.15, 0.2) is 4.99 Å². The summed E-state index contributed by atoms with van der Waals surface area (Å²) in [5.41, 5.74) is 2.74. The highest BCUT2D eigenvalue weighted by molar-refractivity contribution is 6.64. The van der Waals surface area contributed by atoms with Crippen LogP contribution in [0.1, 0.15) is 0 Å². The molecule has 0 aliphatic carbocycles. The van der Waals surface area contributed by atoms with Gasteiger partial charge in [-0.3, -0.25) is 10.4 Å².